The van der Waals surface area contributed by atoms with Gasteiger partial charge in [0, 0.05) is 18.2 Å². The molecule has 4 nitrogen and oxygen atoms in total. The molecule has 0 unspecified atom stereocenters. The summed E-state index contributed by atoms with van der Waals surface area (Å²) in [6, 6.07) is 11.1. The second kappa shape index (κ2) is 6.29. The van der Waals surface area contributed by atoms with Crippen LogP contribution in [0.4, 0.5) is 5.82 Å². The van der Waals surface area contributed by atoms with Gasteiger partial charge in [-0.25, -0.2) is 4.98 Å². The van der Waals surface area contributed by atoms with Crippen molar-refractivity contribution in [1.29, 1.82) is 0 Å². The van der Waals surface area contributed by atoms with Gasteiger partial charge in [-0.3, -0.25) is 0 Å². The van der Waals surface area contributed by atoms with Crippen LogP contribution in [0.3, 0.4) is 0 Å². The Morgan fingerprint density at radius 1 is 1.16 bits per heavy atom. The molecular formula is C14H15ClN2O2. The average Bonchev–Trinajstić information content (AvgIpc) is 2.45. The molecule has 1 aromatic heterocycles. The van der Waals surface area contributed by atoms with Crippen LogP contribution in [-0.4, -0.2) is 19.2 Å². The minimum atomic E-state index is 0.465. The number of anilines is 1. The molecule has 2 rings (SSSR count). The van der Waals surface area contributed by atoms with Crippen LogP contribution in [-0.2, 0) is 6.54 Å². The number of pyridine rings is 1. The van der Waals surface area contributed by atoms with Crippen molar-refractivity contribution in [3.63, 3.8) is 0 Å². The molecule has 5 heteroatoms. The summed E-state index contributed by atoms with van der Waals surface area (Å²) in [5.74, 6) is 2.26. The van der Waals surface area contributed by atoms with Gasteiger partial charge in [0.05, 0.1) is 14.2 Å². The molecule has 1 heterocycles. The Hall–Kier alpha value is -1.94. The first-order valence-electron chi connectivity index (χ1n) is 5.80. The Bertz CT molecular complexity index is 561. The number of nitrogens with one attached hydrogen (secondary N) is 1. The number of hydrogen-bond acceptors (Lipinski definition) is 4. The lowest BCUT2D eigenvalue weighted by atomic mass is 10.2. The van der Waals surface area contributed by atoms with Crippen LogP contribution in [0, 0.1) is 0 Å². The summed E-state index contributed by atoms with van der Waals surface area (Å²) in [6.07, 6.45) is 0. The molecule has 0 amide bonds. The van der Waals surface area contributed by atoms with E-state index in [0.717, 1.165) is 22.9 Å². The lowest BCUT2D eigenvalue weighted by molar-refractivity contribution is 0.391. The highest BCUT2D eigenvalue weighted by atomic mass is 35.5. The number of nitrogens with zero attached hydrogens (tertiary/aromatic N) is 1. The highest BCUT2D eigenvalue weighted by Crippen LogP contribution is 2.25. The average molecular weight is 279 g/mol. The fraction of sp³-hybridized carbons (Fsp3) is 0.214. The SMILES string of the molecule is COc1ccc(CNc2cccc(Cl)n2)c(OC)c1. The summed E-state index contributed by atoms with van der Waals surface area (Å²) in [5, 5.41) is 3.66. The van der Waals surface area contributed by atoms with Crippen molar-refractivity contribution in [2.24, 2.45) is 0 Å². The van der Waals surface area contributed by atoms with Gasteiger partial charge in [-0.1, -0.05) is 17.7 Å². The van der Waals surface area contributed by atoms with Crippen molar-refractivity contribution >= 4 is 17.4 Å². The zero-order chi connectivity index (χ0) is 13.7. The zero-order valence-corrected chi connectivity index (χ0v) is 11.6. The van der Waals surface area contributed by atoms with Crippen LogP contribution in [0.15, 0.2) is 36.4 Å². The molecule has 2 aromatic rings. The number of methoxy groups -OCH3 is 2. The van der Waals surface area contributed by atoms with E-state index in [0.29, 0.717) is 11.7 Å². The Morgan fingerprint density at radius 2 is 2.00 bits per heavy atom. The van der Waals surface area contributed by atoms with Gasteiger partial charge in [0.25, 0.3) is 0 Å². The minimum absolute atomic E-state index is 0.465. The molecule has 0 spiro atoms. The number of aromatic nitrogens is 1. The van der Waals surface area contributed by atoms with Gasteiger partial charge in [-0.15, -0.1) is 0 Å². The maximum absolute atomic E-state index is 5.83. The first-order valence-corrected chi connectivity index (χ1v) is 6.18. The molecule has 0 aliphatic carbocycles. The van der Waals surface area contributed by atoms with Crippen molar-refractivity contribution in [2.45, 2.75) is 6.54 Å². The molecule has 0 atom stereocenters. The smallest absolute Gasteiger partial charge is 0.131 e. The van der Waals surface area contributed by atoms with Crippen molar-refractivity contribution in [3.05, 3.63) is 47.1 Å². The van der Waals surface area contributed by atoms with E-state index in [9.17, 15) is 0 Å². The van der Waals surface area contributed by atoms with Gasteiger partial charge in [-0.2, -0.15) is 0 Å². The monoisotopic (exact) mass is 278 g/mol. The minimum Gasteiger partial charge on any atom is -0.497 e. The van der Waals surface area contributed by atoms with Crippen molar-refractivity contribution in [3.8, 4) is 11.5 Å². The topological polar surface area (TPSA) is 43.4 Å². The van der Waals surface area contributed by atoms with E-state index >= 15 is 0 Å². The van der Waals surface area contributed by atoms with Gasteiger partial charge in [-0.05, 0) is 24.3 Å². The van der Waals surface area contributed by atoms with Crippen molar-refractivity contribution in [1.82, 2.24) is 4.98 Å². The quantitative estimate of drug-likeness (QED) is 0.852. The highest BCUT2D eigenvalue weighted by molar-refractivity contribution is 6.29. The molecule has 0 radical (unpaired) electrons. The molecule has 0 saturated carbocycles. The largest absolute Gasteiger partial charge is 0.497 e. The second-order valence-electron chi connectivity index (χ2n) is 3.88. The number of benzene rings is 1. The molecule has 0 aliphatic heterocycles. The van der Waals surface area contributed by atoms with E-state index in [-0.39, 0.29) is 0 Å². The van der Waals surface area contributed by atoms with Crippen LogP contribution >= 0.6 is 11.6 Å². The standard InChI is InChI=1S/C14H15ClN2O2/c1-18-11-7-6-10(12(8-11)19-2)9-16-14-5-3-4-13(15)17-14/h3-8H,9H2,1-2H3,(H,16,17). The molecule has 19 heavy (non-hydrogen) atoms. The van der Waals surface area contributed by atoms with Crippen molar-refractivity contribution < 1.29 is 9.47 Å². The normalized spacial score (nSPS) is 10.1. The molecule has 0 saturated heterocycles. The molecule has 1 N–H and O–H groups in total. The fourth-order valence-electron chi connectivity index (χ4n) is 1.69. The third kappa shape index (κ3) is 3.51. The van der Waals surface area contributed by atoms with E-state index in [1.165, 1.54) is 0 Å². The van der Waals surface area contributed by atoms with Gasteiger partial charge in [0.15, 0.2) is 0 Å². The van der Waals surface area contributed by atoms with Gasteiger partial charge >= 0.3 is 0 Å². The van der Waals surface area contributed by atoms with Crippen molar-refractivity contribution in [2.75, 3.05) is 19.5 Å². The maximum atomic E-state index is 5.83. The molecule has 0 aliphatic rings. The molecule has 0 bridgehead atoms. The van der Waals surface area contributed by atoms with Crippen LogP contribution < -0.4 is 14.8 Å². The number of halogens is 1. The highest BCUT2D eigenvalue weighted by Gasteiger charge is 2.05. The molecule has 1 aromatic carbocycles. The van der Waals surface area contributed by atoms with E-state index in [2.05, 4.69) is 10.3 Å². The number of rotatable bonds is 5. The lowest BCUT2D eigenvalue weighted by Gasteiger charge is -2.11. The Balaban J connectivity index is 2.11. The predicted molar refractivity (Wildman–Crippen MR) is 76.1 cm³/mol. The summed E-state index contributed by atoms with van der Waals surface area (Å²) in [5.41, 5.74) is 1.02. The van der Waals surface area contributed by atoms with Crippen LogP contribution in [0.1, 0.15) is 5.56 Å². The van der Waals surface area contributed by atoms with Gasteiger partial charge < -0.3 is 14.8 Å². The third-order valence-corrected chi connectivity index (χ3v) is 2.88. The molecule has 0 fully saturated rings. The summed E-state index contributed by atoms with van der Waals surface area (Å²) in [7, 11) is 3.26. The van der Waals surface area contributed by atoms with Crippen LogP contribution in [0.25, 0.3) is 0 Å². The van der Waals surface area contributed by atoms with Gasteiger partial charge in [0.1, 0.15) is 22.5 Å². The second-order valence-corrected chi connectivity index (χ2v) is 4.26. The lowest BCUT2D eigenvalue weighted by Crippen LogP contribution is -2.03. The molecule has 100 valence electrons. The maximum Gasteiger partial charge on any atom is 0.131 e. The van der Waals surface area contributed by atoms with Gasteiger partial charge in [0.2, 0.25) is 0 Å². The van der Waals surface area contributed by atoms with Crippen LogP contribution in [0.5, 0.6) is 11.5 Å². The van der Waals surface area contributed by atoms with E-state index in [1.54, 1.807) is 20.3 Å². The van der Waals surface area contributed by atoms with Crippen LogP contribution in [0.2, 0.25) is 5.15 Å². The zero-order valence-electron chi connectivity index (χ0n) is 10.8. The fourth-order valence-corrected chi connectivity index (χ4v) is 1.85. The Labute approximate surface area is 117 Å². The first kappa shape index (κ1) is 13.5. The van der Waals surface area contributed by atoms with E-state index in [4.69, 9.17) is 21.1 Å². The number of hydrogen-bond donors (Lipinski definition) is 1. The van der Waals surface area contributed by atoms with E-state index < -0.39 is 0 Å². The predicted octanol–water partition coefficient (Wildman–Crippen LogP) is 3.36. The number of ether oxygens (including phenoxy) is 2. The Morgan fingerprint density at radius 3 is 2.68 bits per heavy atom. The summed E-state index contributed by atoms with van der Waals surface area (Å²) >= 11 is 5.83. The Kier molecular flexibility index (Phi) is 4.47. The first-order chi connectivity index (χ1) is 9.22. The van der Waals surface area contributed by atoms with E-state index in [1.807, 2.05) is 30.3 Å². The third-order valence-electron chi connectivity index (χ3n) is 2.67. The summed E-state index contributed by atoms with van der Waals surface area (Å²) in [6.45, 7) is 0.598. The summed E-state index contributed by atoms with van der Waals surface area (Å²) in [4.78, 5) is 4.17. The molecular weight excluding hydrogens is 264 g/mol. The summed E-state index contributed by atoms with van der Waals surface area (Å²) < 4.78 is 10.5.